The van der Waals surface area contributed by atoms with Gasteiger partial charge in [-0.1, -0.05) is 23.4 Å². The van der Waals surface area contributed by atoms with Gasteiger partial charge in [-0.15, -0.1) is 5.10 Å². The van der Waals surface area contributed by atoms with E-state index in [0.29, 0.717) is 18.7 Å². The Morgan fingerprint density at radius 3 is 2.90 bits per heavy atom. The van der Waals surface area contributed by atoms with Crippen molar-refractivity contribution in [3.05, 3.63) is 71.5 Å². The molecular formula is C21H22N4O4. The van der Waals surface area contributed by atoms with E-state index in [9.17, 15) is 4.79 Å². The lowest BCUT2D eigenvalue weighted by atomic mass is 10.1. The second-order valence-corrected chi connectivity index (χ2v) is 6.65. The third-order valence-corrected chi connectivity index (χ3v) is 4.78. The van der Waals surface area contributed by atoms with Gasteiger partial charge in [0.25, 0.3) is 0 Å². The molecule has 1 aliphatic rings. The number of hydrogen-bond donors (Lipinski definition) is 0. The smallest absolute Gasteiger partial charge is 0.337 e. The number of rotatable bonds is 6. The molecule has 0 bridgehead atoms. The third-order valence-electron chi connectivity index (χ3n) is 4.78. The Bertz CT molecular complexity index is 1000. The topological polar surface area (TPSA) is 78.7 Å². The summed E-state index contributed by atoms with van der Waals surface area (Å²) in [4.78, 5) is 13.9. The first-order valence-corrected chi connectivity index (χ1v) is 9.27. The molecule has 0 saturated carbocycles. The standard InChI is InChI=1S/C21H22N4O4/c1-27-18-8-4-7-17(12-18)25-9-10-29-20(25)19-14-24(23-22-19)13-15-5-3-6-16(11-15)21(26)28-2/h3-8,11-12,14,20H,9-10,13H2,1-2H3/t20-/m0/s1. The average Bonchev–Trinajstić information content (AvgIpc) is 3.43. The Labute approximate surface area is 168 Å². The predicted molar refractivity (Wildman–Crippen MR) is 106 cm³/mol. The second kappa shape index (κ2) is 8.32. The molecule has 1 aromatic heterocycles. The number of esters is 1. The fourth-order valence-electron chi connectivity index (χ4n) is 3.37. The maximum absolute atomic E-state index is 11.7. The number of nitrogens with zero attached hydrogens (tertiary/aromatic N) is 4. The molecule has 8 heteroatoms. The first kappa shape index (κ1) is 18.9. The van der Waals surface area contributed by atoms with Crippen molar-refractivity contribution in [2.75, 3.05) is 32.3 Å². The summed E-state index contributed by atoms with van der Waals surface area (Å²) >= 11 is 0. The summed E-state index contributed by atoms with van der Waals surface area (Å²) in [5.41, 5.74) is 3.18. The van der Waals surface area contributed by atoms with Gasteiger partial charge in [-0.3, -0.25) is 0 Å². The molecule has 0 spiro atoms. The van der Waals surface area contributed by atoms with Gasteiger partial charge < -0.3 is 19.1 Å². The van der Waals surface area contributed by atoms with E-state index >= 15 is 0 Å². The summed E-state index contributed by atoms with van der Waals surface area (Å²) in [6.07, 6.45) is 1.56. The molecule has 8 nitrogen and oxygen atoms in total. The third kappa shape index (κ3) is 4.07. The lowest BCUT2D eigenvalue weighted by Gasteiger charge is -2.23. The van der Waals surface area contributed by atoms with Crippen molar-refractivity contribution >= 4 is 11.7 Å². The number of methoxy groups -OCH3 is 2. The molecular weight excluding hydrogens is 372 g/mol. The zero-order valence-corrected chi connectivity index (χ0v) is 16.3. The van der Waals surface area contributed by atoms with Crippen LogP contribution in [0.15, 0.2) is 54.7 Å². The lowest BCUT2D eigenvalue weighted by Crippen LogP contribution is -2.23. The van der Waals surface area contributed by atoms with E-state index in [1.807, 2.05) is 42.6 Å². The first-order chi connectivity index (χ1) is 14.2. The molecule has 1 atom stereocenters. The van der Waals surface area contributed by atoms with E-state index in [2.05, 4.69) is 15.2 Å². The highest BCUT2D eigenvalue weighted by atomic mass is 16.5. The summed E-state index contributed by atoms with van der Waals surface area (Å²) < 4.78 is 17.8. The van der Waals surface area contributed by atoms with E-state index in [1.54, 1.807) is 23.9 Å². The van der Waals surface area contributed by atoms with Gasteiger partial charge in [0.15, 0.2) is 6.23 Å². The molecule has 1 fully saturated rings. The van der Waals surface area contributed by atoms with Crippen LogP contribution in [0, 0.1) is 0 Å². The zero-order valence-electron chi connectivity index (χ0n) is 16.3. The van der Waals surface area contributed by atoms with Crippen molar-refractivity contribution in [2.45, 2.75) is 12.8 Å². The summed E-state index contributed by atoms with van der Waals surface area (Å²) in [5.74, 6) is 0.432. The highest BCUT2D eigenvalue weighted by Gasteiger charge is 2.30. The molecule has 0 radical (unpaired) electrons. The van der Waals surface area contributed by atoms with Crippen molar-refractivity contribution in [3.8, 4) is 5.75 Å². The van der Waals surface area contributed by atoms with Crippen LogP contribution < -0.4 is 9.64 Å². The molecule has 29 heavy (non-hydrogen) atoms. The normalized spacial score (nSPS) is 16.1. The Hall–Kier alpha value is -3.39. The molecule has 0 unspecified atom stereocenters. The van der Waals surface area contributed by atoms with Crippen molar-refractivity contribution in [3.63, 3.8) is 0 Å². The summed E-state index contributed by atoms with van der Waals surface area (Å²) in [5, 5.41) is 8.54. The second-order valence-electron chi connectivity index (χ2n) is 6.65. The molecule has 3 aromatic rings. The van der Waals surface area contributed by atoms with Crippen LogP contribution in [0.1, 0.15) is 27.8 Å². The first-order valence-electron chi connectivity index (χ1n) is 9.27. The molecule has 1 saturated heterocycles. The quantitative estimate of drug-likeness (QED) is 0.595. The Morgan fingerprint density at radius 2 is 2.07 bits per heavy atom. The highest BCUT2D eigenvalue weighted by molar-refractivity contribution is 5.89. The molecule has 4 rings (SSSR count). The average molecular weight is 394 g/mol. The van der Waals surface area contributed by atoms with Crippen LogP contribution in [0.2, 0.25) is 0 Å². The van der Waals surface area contributed by atoms with Crippen LogP contribution >= 0.6 is 0 Å². The predicted octanol–water partition coefficient (Wildman–Crippen LogP) is 2.66. The van der Waals surface area contributed by atoms with Gasteiger partial charge in [0, 0.05) is 18.3 Å². The van der Waals surface area contributed by atoms with Gasteiger partial charge in [-0.2, -0.15) is 0 Å². The van der Waals surface area contributed by atoms with Gasteiger partial charge >= 0.3 is 5.97 Å². The van der Waals surface area contributed by atoms with Crippen molar-refractivity contribution in [1.82, 2.24) is 15.0 Å². The molecule has 2 heterocycles. The Balaban J connectivity index is 1.52. The van der Waals surface area contributed by atoms with Crippen molar-refractivity contribution in [1.29, 1.82) is 0 Å². The summed E-state index contributed by atoms with van der Waals surface area (Å²) in [7, 11) is 3.02. The molecule has 0 aliphatic carbocycles. The van der Waals surface area contributed by atoms with Crippen LogP contribution in [0.25, 0.3) is 0 Å². The number of benzene rings is 2. The minimum absolute atomic E-state index is 0.308. The SMILES string of the molecule is COC(=O)c1cccc(Cn2cc([C@@H]3OCCN3c3cccc(OC)c3)nn2)c1. The number of aromatic nitrogens is 3. The molecule has 150 valence electrons. The molecule has 0 N–H and O–H groups in total. The summed E-state index contributed by atoms with van der Waals surface area (Å²) in [6.45, 7) is 1.85. The monoisotopic (exact) mass is 394 g/mol. The van der Waals surface area contributed by atoms with Crippen LogP contribution in [0.5, 0.6) is 5.75 Å². The van der Waals surface area contributed by atoms with E-state index < -0.39 is 0 Å². The molecule has 2 aromatic carbocycles. The van der Waals surface area contributed by atoms with Crippen LogP contribution in [0.3, 0.4) is 0 Å². The minimum atomic E-state index is -0.362. The van der Waals surface area contributed by atoms with Crippen LogP contribution in [0.4, 0.5) is 5.69 Å². The fourth-order valence-corrected chi connectivity index (χ4v) is 3.37. The summed E-state index contributed by atoms with van der Waals surface area (Å²) in [6, 6.07) is 15.1. The number of carbonyl (C=O) groups excluding carboxylic acids is 1. The van der Waals surface area contributed by atoms with Gasteiger partial charge in [0.1, 0.15) is 11.4 Å². The number of anilines is 1. The van der Waals surface area contributed by atoms with Crippen molar-refractivity contribution < 1.29 is 19.0 Å². The lowest BCUT2D eigenvalue weighted by molar-refractivity contribution is 0.0600. The van der Waals surface area contributed by atoms with Crippen LogP contribution in [-0.4, -0.2) is 48.3 Å². The van der Waals surface area contributed by atoms with Gasteiger partial charge in [-0.05, 0) is 29.8 Å². The minimum Gasteiger partial charge on any atom is -0.497 e. The number of ether oxygens (including phenoxy) is 3. The maximum atomic E-state index is 11.7. The number of carbonyl (C=O) groups is 1. The fraction of sp³-hybridized carbons (Fsp3) is 0.286. The highest BCUT2D eigenvalue weighted by Crippen LogP contribution is 2.32. The van der Waals surface area contributed by atoms with Gasteiger partial charge in [0.2, 0.25) is 0 Å². The van der Waals surface area contributed by atoms with E-state index in [-0.39, 0.29) is 12.2 Å². The number of hydrogen-bond acceptors (Lipinski definition) is 7. The van der Waals surface area contributed by atoms with Gasteiger partial charge in [0.05, 0.1) is 39.1 Å². The van der Waals surface area contributed by atoms with E-state index in [0.717, 1.165) is 29.2 Å². The van der Waals surface area contributed by atoms with E-state index in [1.165, 1.54) is 7.11 Å². The Kier molecular flexibility index (Phi) is 5.44. The zero-order chi connectivity index (χ0) is 20.2. The Morgan fingerprint density at radius 1 is 1.21 bits per heavy atom. The van der Waals surface area contributed by atoms with Gasteiger partial charge in [-0.25, -0.2) is 9.48 Å². The largest absolute Gasteiger partial charge is 0.497 e. The van der Waals surface area contributed by atoms with Crippen molar-refractivity contribution in [2.24, 2.45) is 0 Å². The maximum Gasteiger partial charge on any atom is 0.337 e. The molecule has 0 amide bonds. The molecule has 1 aliphatic heterocycles. The van der Waals surface area contributed by atoms with E-state index in [4.69, 9.17) is 14.2 Å². The van der Waals surface area contributed by atoms with Crippen LogP contribution in [-0.2, 0) is 16.0 Å².